The maximum atomic E-state index is 4.76. The van der Waals surface area contributed by atoms with E-state index in [0.717, 1.165) is 13.1 Å². The van der Waals surface area contributed by atoms with Crippen molar-refractivity contribution >= 4 is 29.2 Å². The van der Waals surface area contributed by atoms with Crippen LogP contribution in [0.3, 0.4) is 0 Å². The molecule has 0 saturated carbocycles. The van der Waals surface area contributed by atoms with Crippen molar-refractivity contribution in [1.29, 1.82) is 0 Å². The minimum atomic E-state index is 0.579. The van der Waals surface area contributed by atoms with Crippen LogP contribution in [0.4, 0.5) is 0 Å². The number of rotatable bonds is 2. The summed E-state index contributed by atoms with van der Waals surface area (Å²) in [6.45, 7) is 5.95. The molecule has 0 atom stereocenters. The van der Waals surface area contributed by atoms with Crippen molar-refractivity contribution in [2.75, 3.05) is 13.1 Å². The lowest BCUT2D eigenvalue weighted by molar-refractivity contribution is 0.482. The first kappa shape index (κ1) is 8.11. The van der Waals surface area contributed by atoms with E-state index in [0.29, 0.717) is 4.32 Å². The fourth-order valence-electron chi connectivity index (χ4n) is 0.482. The highest BCUT2D eigenvalue weighted by Crippen LogP contribution is 1.93. The summed E-state index contributed by atoms with van der Waals surface area (Å²) in [5.41, 5.74) is 0. The molecule has 0 heterocycles. The van der Waals surface area contributed by atoms with Gasteiger partial charge in [-0.2, -0.15) is 0 Å². The van der Waals surface area contributed by atoms with Gasteiger partial charge in [0.1, 0.15) is 0 Å². The molecule has 0 aliphatic heterocycles. The second kappa shape index (κ2) is 4.04. The van der Waals surface area contributed by atoms with Crippen molar-refractivity contribution < 1.29 is 0 Å². The number of thiocarbonyl (C=S) groups is 1. The quantitative estimate of drug-likeness (QED) is 0.549. The predicted octanol–water partition coefficient (Wildman–Crippen LogP) is 1.81. The van der Waals surface area contributed by atoms with Crippen LogP contribution in [-0.2, 0) is 0 Å². The Morgan fingerprint density at radius 3 is 1.75 bits per heavy atom. The summed E-state index contributed by atoms with van der Waals surface area (Å²) in [6.07, 6.45) is 0. The smallest absolute Gasteiger partial charge is 0.166 e. The number of hydrogen-bond donors (Lipinski definition) is 0. The lowest BCUT2D eigenvalue weighted by Crippen LogP contribution is -2.24. The highest BCUT2D eigenvalue weighted by Gasteiger charge is 1.97. The summed E-state index contributed by atoms with van der Waals surface area (Å²) in [5, 5.41) is 0. The SMILES string of the molecule is CCN(CC)C([S])=S. The maximum Gasteiger partial charge on any atom is 0.166 e. The predicted molar refractivity (Wildman–Crippen MR) is 43.1 cm³/mol. The summed E-state index contributed by atoms with van der Waals surface area (Å²) in [7, 11) is 0. The highest BCUT2D eigenvalue weighted by atomic mass is 32.1. The Bertz CT molecular complexity index is 78.5. The molecular formula is C5H10NS2. The first-order valence-corrected chi connectivity index (χ1v) is 3.50. The molecule has 0 spiro atoms. The van der Waals surface area contributed by atoms with Crippen LogP contribution in [0.2, 0.25) is 0 Å². The molecule has 0 bridgehead atoms. The van der Waals surface area contributed by atoms with E-state index >= 15 is 0 Å². The van der Waals surface area contributed by atoms with Gasteiger partial charge in [-0.1, -0.05) is 0 Å². The van der Waals surface area contributed by atoms with Crippen molar-refractivity contribution in [3.8, 4) is 0 Å². The molecule has 0 N–H and O–H groups in total. The van der Waals surface area contributed by atoms with Crippen LogP contribution in [0.5, 0.6) is 0 Å². The normalized spacial score (nSPS) is 8.75. The van der Waals surface area contributed by atoms with Gasteiger partial charge in [-0.3, -0.25) is 0 Å². The Morgan fingerprint density at radius 2 is 1.75 bits per heavy atom. The molecule has 1 nitrogen and oxygen atoms in total. The molecule has 0 aromatic heterocycles. The molecule has 0 amide bonds. The van der Waals surface area contributed by atoms with Crippen LogP contribution in [-0.4, -0.2) is 22.3 Å². The molecule has 0 aliphatic rings. The molecule has 0 fully saturated rings. The third-order valence-electron chi connectivity index (χ3n) is 1.02. The Balaban J connectivity index is 3.52. The van der Waals surface area contributed by atoms with Gasteiger partial charge in [-0.25, -0.2) is 0 Å². The molecule has 0 rings (SSSR count). The van der Waals surface area contributed by atoms with E-state index in [1.165, 1.54) is 0 Å². The summed E-state index contributed by atoms with van der Waals surface area (Å²) in [4.78, 5) is 1.96. The molecule has 0 aliphatic carbocycles. The van der Waals surface area contributed by atoms with Crippen LogP contribution in [0.1, 0.15) is 13.8 Å². The van der Waals surface area contributed by atoms with Gasteiger partial charge < -0.3 is 4.90 Å². The monoisotopic (exact) mass is 148 g/mol. The van der Waals surface area contributed by atoms with Gasteiger partial charge in [-0.05, 0) is 38.7 Å². The van der Waals surface area contributed by atoms with E-state index in [1.54, 1.807) is 0 Å². The van der Waals surface area contributed by atoms with Crippen LogP contribution >= 0.6 is 24.8 Å². The van der Waals surface area contributed by atoms with Crippen molar-refractivity contribution in [3.05, 3.63) is 0 Å². The van der Waals surface area contributed by atoms with Gasteiger partial charge in [-0.15, -0.1) is 0 Å². The van der Waals surface area contributed by atoms with Crippen LogP contribution < -0.4 is 0 Å². The number of nitrogens with zero attached hydrogens (tertiary/aromatic N) is 1. The van der Waals surface area contributed by atoms with E-state index < -0.39 is 0 Å². The summed E-state index contributed by atoms with van der Waals surface area (Å²) in [6, 6.07) is 0. The van der Waals surface area contributed by atoms with Gasteiger partial charge in [0.05, 0.1) is 0 Å². The van der Waals surface area contributed by atoms with Crippen LogP contribution in [0.25, 0.3) is 0 Å². The Labute approximate surface area is 61.5 Å². The van der Waals surface area contributed by atoms with Crippen molar-refractivity contribution in [2.24, 2.45) is 0 Å². The Morgan fingerprint density at radius 1 is 1.38 bits per heavy atom. The molecule has 47 valence electrons. The third-order valence-corrected chi connectivity index (χ3v) is 1.54. The zero-order valence-electron chi connectivity index (χ0n) is 5.18. The van der Waals surface area contributed by atoms with E-state index in [-0.39, 0.29) is 0 Å². The van der Waals surface area contributed by atoms with Gasteiger partial charge in [0.15, 0.2) is 4.32 Å². The molecule has 0 aromatic carbocycles. The van der Waals surface area contributed by atoms with Gasteiger partial charge >= 0.3 is 0 Å². The zero-order valence-corrected chi connectivity index (χ0v) is 6.81. The molecule has 1 radical (unpaired) electrons. The molecule has 0 unspecified atom stereocenters. The van der Waals surface area contributed by atoms with Crippen LogP contribution in [0.15, 0.2) is 0 Å². The van der Waals surface area contributed by atoms with Gasteiger partial charge in [0, 0.05) is 13.1 Å². The topological polar surface area (TPSA) is 3.24 Å². The van der Waals surface area contributed by atoms with Gasteiger partial charge in [0.25, 0.3) is 0 Å². The second-order valence-electron chi connectivity index (χ2n) is 1.44. The lowest BCUT2D eigenvalue weighted by Gasteiger charge is -2.15. The van der Waals surface area contributed by atoms with Crippen molar-refractivity contribution in [2.45, 2.75) is 13.8 Å². The minimum absolute atomic E-state index is 0.579. The maximum absolute atomic E-state index is 4.76. The zero-order chi connectivity index (χ0) is 6.57. The largest absolute Gasteiger partial charge is 0.354 e. The van der Waals surface area contributed by atoms with Crippen LogP contribution in [0, 0.1) is 0 Å². The first-order chi connectivity index (χ1) is 3.72. The van der Waals surface area contributed by atoms with Crippen molar-refractivity contribution in [1.82, 2.24) is 4.90 Å². The molecule has 8 heavy (non-hydrogen) atoms. The Kier molecular flexibility index (Phi) is 4.09. The van der Waals surface area contributed by atoms with E-state index in [4.69, 9.17) is 24.8 Å². The first-order valence-electron chi connectivity index (χ1n) is 2.68. The minimum Gasteiger partial charge on any atom is -0.354 e. The molecular weight excluding hydrogens is 138 g/mol. The van der Waals surface area contributed by atoms with Crippen molar-refractivity contribution in [3.63, 3.8) is 0 Å². The highest BCUT2D eigenvalue weighted by molar-refractivity contribution is 8.10. The van der Waals surface area contributed by atoms with Gasteiger partial charge in [0.2, 0.25) is 0 Å². The van der Waals surface area contributed by atoms with E-state index in [2.05, 4.69) is 0 Å². The molecule has 0 aromatic rings. The average molecular weight is 148 g/mol. The fraction of sp³-hybridized carbons (Fsp3) is 0.800. The van der Waals surface area contributed by atoms with E-state index in [9.17, 15) is 0 Å². The summed E-state index contributed by atoms with van der Waals surface area (Å²) in [5.74, 6) is 0. The summed E-state index contributed by atoms with van der Waals surface area (Å²) >= 11 is 9.51. The number of hydrogen-bond acceptors (Lipinski definition) is 1. The standard InChI is InChI=1S/C5H10NS2/c1-3-6(4-2)5(7)8/h3-4H2,1-2H3. The third kappa shape index (κ3) is 2.43. The fourth-order valence-corrected chi connectivity index (χ4v) is 0.998. The molecule has 3 heteroatoms. The van der Waals surface area contributed by atoms with E-state index in [1.807, 2.05) is 18.7 Å². The average Bonchev–Trinajstić information content (AvgIpc) is 1.69. The lowest BCUT2D eigenvalue weighted by atomic mass is 10.6. The second-order valence-corrected chi connectivity index (χ2v) is 2.47. The summed E-state index contributed by atoms with van der Waals surface area (Å²) < 4.78 is 0.579. The molecule has 0 saturated heterocycles. The Hall–Kier alpha value is 0.110.